The lowest BCUT2D eigenvalue weighted by Crippen LogP contribution is -2.12. The predicted molar refractivity (Wildman–Crippen MR) is 65.8 cm³/mol. The predicted octanol–water partition coefficient (Wildman–Crippen LogP) is 1.41. The molecule has 3 rings (SSSR count). The zero-order valence-electron chi connectivity index (χ0n) is 9.60. The molecule has 0 atom stereocenters. The first-order valence-electron chi connectivity index (χ1n) is 5.28. The molecule has 0 radical (unpaired) electrons. The van der Waals surface area contributed by atoms with Gasteiger partial charge in [0.25, 0.3) is 0 Å². The SMILES string of the molecule is CN(C)c1nc(-c2ccn[nH]2)nc2[nH]ccc12. The number of rotatable bonds is 2. The van der Waals surface area contributed by atoms with Crippen LogP contribution < -0.4 is 4.90 Å². The Labute approximate surface area is 97.7 Å². The third-order valence-electron chi connectivity index (χ3n) is 2.56. The van der Waals surface area contributed by atoms with E-state index in [2.05, 4.69) is 25.1 Å². The van der Waals surface area contributed by atoms with Crippen LogP contribution >= 0.6 is 0 Å². The lowest BCUT2D eigenvalue weighted by atomic mass is 10.3. The van der Waals surface area contributed by atoms with Gasteiger partial charge >= 0.3 is 0 Å². The van der Waals surface area contributed by atoms with Gasteiger partial charge in [0.1, 0.15) is 17.2 Å². The maximum atomic E-state index is 4.54. The first-order valence-corrected chi connectivity index (χ1v) is 5.28. The summed E-state index contributed by atoms with van der Waals surface area (Å²) in [4.78, 5) is 14.1. The standard InChI is InChI=1S/C11H12N6/c1-17(2)11-7-3-5-12-9(7)14-10(15-11)8-4-6-13-16-8/h3-6H,1-2H3,(H,13,16)(H,12,14,15). The number of anilines is 1. The molecule has 0 saturated carbocycles. The molecule has 0 bridgehead atoms. The molecule has 3 aromatic heterocycles. The fourth-order valence-corrected chi connectivity index (χ4v) is 1.77. The maximum absolute atomic E-state index is 4.54. The van der Waals surface area contributed by atoms with E-state index in [1.807, 2.05) is 37.3 Å². The topological polar surface area (TPSA) is 73.5 Å². The van der Waals surface area contributed by atoms with Crippen molar-refractivity contribution in [1.29, 1.82) is 0 Å². The molecule has 2 N–H and O–H groups in total. The Hall–Kier alpha value is -2.37. The van der Waals surface area contributed by atoms with Crippen LogP contribution in [-0.4, -0.2) is 39.2 Å². The Kier molecular flexibility index (Phi) is 2.07. The summed E-state index contributed by atoms with van der Waals surface area (Å²) in [5.41, 5.74) is 1.64. The zero-order valence-corrected chi connectivity index (χ0v) is 9.60. The van der Waals surface area contributed by atoms with Crippen molar-refractivity contribution in [1.82, 2.24) is 25.1 Å². The lowest BCUT2D eigenvalue weighted by Gasteiger charge is -2.13. The van der Waals surface area contributed by atoms with E-state index in [0.29, 0.717) is 5.82 Å². The second-order valence-corrected chi connectivity index (χ2v) is 3.98. The van der Waals surface area contributed by atoms with Gasteiger partial charge in [-0.3, -0.25) is 5.10 Å². The Morgan fingerprint density at radius 2 is 2.06 bits per heavy atom. The van der Waals surface area contributed by atoms with Gasteiger partial charge in [-0.15, -0.1) is 0 Å². The number of fused-ring (bicyclic) bond motifs is 1. The average molecular weight is 228 g/mol. The Morgan fingerprint density at radius 3 is 2.76 bits per heavy atom. The van der Waals surface area contributed by atoms with Crippen LogP contribution in [0.2, 0.25) is 0 Å². The highest BCUT2D eigenvalue weighted by Gasteiger charge is 2.11. The summed E-state index contributed by atoms with van der Waals surface area (Å²) in [5, 5.41) is 7.79. The van der Waals surface area contributed by atoms with Crippen LogP contribution in [0.1, 0.15) is 0 Å². The number of aromatic nitrogens is 5. The van der Waals surface area contributed by atoms with Gasteiger partial charge in [-0.25, -0.2) is 9.97 Å². The van der Waals surface area contributed by atoms with Crippen molar-refractivity contribution in [3.8, 4) is 11.5 Å². The van der Waals surface area contributed by atoms with E-state index in [0.717, 1.165) is 22.5 Å². The number of H-pyrrole nitrogens is 2. The second-order valence-electron chi connectivity index (χ2n) is 3.98. The molecule has 17 heavy (non-hydrogen) atoms. The minimum absolute atomic E-state index is 0.640. The summed E-state index contributed by atoms with van der Waals surface area (Å²) in [6, 6.07) is 3.82. The average Bonchev–Trinajstić information content (AvgIpc) is 2.98. The van der Waals surface area contributed by atoms with Crippen molar-refractivity contribution in [3.63, 3.8) is 0 Å². The fourth-order valence-electron chi connectivity index (χ4n) is 1.77. The molecule has 86 valence electrons. The molecule has 0 aliphatic carbocycles. The maximum Gasteiger partial charge on any atom is 0.181 e. The molecule has 0 unspecified atom stereocenters. The van der Waals surface area contributed by atoms with Crippen LogP contribution in [0.4, 0.5) is 5.82 Å². The summed E-state index contributed by atoms with van der Waals surface area (Å²) >= 11 is 0. The second kappa shape index (κ2) is 3.58. The van der Waals surface area contributed by atoms with Gasteiger partial charge in [-0.05, 0) is 12.1 Å². The highest BCUT2D eigenvalue weighted by Crippen LogP contribution is 2.24. The van der Waals surface area contributed by atoms with Crippen molar-refractivity contribution < 1.29 is 0 Å². The van der Waals surface area contributed by atoms with Crippen LogP contribution in [0.3, 0.4) is 0 Å². The molecule has 0 aromatic carbocycles. The Balaban J connectivity index is 2.27. The van der Waals surface area contributed by atoms with Gasteiger partial charge < -0.3 is 9.88 Å². The van der Waals surface area contributed by atoms with Crippen molar-refractivity contribution in [3.05, 3.63) is 24.5 Å². The minimum atomic E-state index is 0.640. The minimum Gasteiger partial charge on any atom is -0.362 e. The van der Waals surface area contributed by atoms with E-state index < -0.39 is 0 Å². The molecule has 0 saturated heterocycles. The van der Waals surface area contributed by atoms with Crippen LogP contribution in [-0.2, 0) is 0 Å². The number of hydrogen-bond acceptors (Lipinski definition) is 4. The van der Waals surface area contributed by atoms with E-state index in [-0.39, 0.29) is 0 Å². The van der Waals surface area contributed by atoms with Gasteiger partial charge in [0.15, 0.2) is 5.82 Å². The van der Waals surface area contributed by atoms with Crippen molar-refractivity contribution in [2.45, 2.75) is 0 Å². The quantitative estimate of drug-likeness (QED) is 0.695. The van der Waals surface area contributed by atoms with E-state index in [4.69, 9.17) is 0 Å². The Bertz CT molecular complexity index is 637. The van der Waals surface area contributed by atoms with Gasteiger partial charge in [-0.1, -0.05) is 0 Å². The summed E-state index contributed by atoms with van der Waals surface area (Å²) in [6.07, 6.45) is 3.55. The van der Waals surface area contributed by atoms with E-state index in [1.165, 1.54) is 0 Å². The molecule has 0 spiro atoms. The molecule has 6 heteroatoms. The van der Waals surface area contributed by atoms with Crippen LogP contribution in [0, 0.1) is 0 Å². The van der Waals surface area contributed by atoms with Crippen LogP contribution in [0.25, 0.3) is 22.6 Å². The normalized spacial score (nSPS) is 10.9. The largest absolute Gasteiger partial charge is 0.362 e. The fraction of sp³-hybridized carbons (Fsp3) is 0.182. The van der Waals surface area contributed by atoms with Crippen LogP contribution in [0.15, 0.2) is 24.5 Å². The van der Waals surface area contributed by atoms with E-state index >= 15 is 0 Å². The molecule has 3 heterocycles. The van der Waals surface area contributed by atoms with Crippen molar-refractivity contribution in [2.24, 2.45) is 0 Å². The lowest BCUT2D eigenvalue weighted by molar-refractivity contribution is 1.04. The summed E-state index contributed by atoms with van der Waals surface area (Å²) in [5.74, 6) is 1.53. The highest BCUT2D eigenvalue weighted by atomic mass is 15.2. The smallest absolute Gasteiger partial charge is 0.181 e. The van der Waals surface area contributed by atoms with Gasteiger partial charge in [-0.2, -0.15) is 5.10 Å². The highest BCUT2D eigenvalue weighted by molar-refractivity contribution is 5.88. The van der Waals surface area contributed by atoms with Gasteiger partial charge in [0.2, 0.25) is 0 Å². The summed E-state index contributed by atoms with van der Waals surface area (Å²) < 4.78 is 0. The third kappa shape index (κ3) is 1.54. The number of nitrogens with zero attached hydrogens (tertiary/aromatic N) is 4. The number of aromatic amines is 2. The Morgan fingerprint density at radius 1 is 1.18 bits per heavy atom. The monoisotopic (exact) mass is 228 g/mol. The molecule has 3 aromatic rings. The van der Waals surface area contributed by atoms with Crippen LogP contribution in [0.5, 0.6) is 0 Å². The van der Waals surface area contributed by atoms with Gasteiger partial charge in [0, 0.05) is 26.5 Å². The molecule has 0 aliphatic rings. The first-order chi connectivity index (χ1) is 8.25. The van der Waals surface area contributed by atoms with Crippen molar-refractivity contribution in [2.75, 3.05) is 19.0 Å². The van der Waals surface area contributed by atoms with E-state index in [1.54, 1.807) is 6.20 Å². The molecule has 0 amide bonds. The summed E-state index contributed by atoms with van der Waals surface area (Å²) in [6.45, 7) is 0. The molecule has 0 fully saturated rings. The third-order valence-corrected chi connectivity index (χ3v) is 2.56. The number of nitrogens with one attached hydrogen (secondary N) is 2. The zero-order chi connectivity index (χ0) is 11.8. The molecule has 0 aliphatic heterocycles. The van der Waals surface area contributed by atoms with Gasteiger partial charge in [0.05, 0.1) is 5.39 Å². The van der Waals surface area contributed by atoms with E-state index in [9.17, 15) is 0 Å². The molecule has 6 nitrogen and oxygen atoms in total. The molecular formula is C11H12N6. The number of hydrogen-bond donors (Lipinski definition) is 2. The molecular weight excluding hydrogens is 216 g/mol. The first kappa shape index (κ1) is 9.83. The van der Waals surface area contributed by atoms with Crippen molar-refractivity contribution >= 4 is 16.9 Å². The summed E-state index contributed by atoms with van der Waals surface area (Å²) in [7, 11) is 3.93.